The van der Waals surface area contributed by atoms with Crippen LogP contribution in [0.15, 0.2) is 6.07 Å². The van der Waals surface area contributed by atoms with Gasteiger partial charge in [-0.1, -0.05) is 0 Å². The van der Waals surface area contributed by atoms with Crippen LogP contribution in [-0.4, -0.2) is 61.4 Å². The molecule has 2 rings (SSSR count). The van der Waals surface area contributed by atoms with Gasteiger partial charge in [0.25, 0.3) is 5.91 Å². The van der Waals surface area contributed by atoms with Gasteiger partial charge >= 0.3 is 0 Å². The molecule has 0 bridgehead atoms. The number of nitrogens with zero attached hydrogens (tertiary/aromatic N) is 2. The highest BCUT2D eigenvalue weighted by atomic mass is 32.1. The third kappa shape index (κ3) is 3.37. The van der Waals surface area contributed by atoms with Crippen LogP contribution in [0, 0.1) is 13.8 Å². The fraction of sp³-hybridized carbons (Fsp3) is 0.571. The maximum absolute atomic E-state index is 12.4. The first-order chi connectivity index (χ1) is 9.51. The SMILES string of the molecule is CNC(=O)CN1CCN(C(=O)c2cc(C)c(C)s2)CC1. The highest BCUT2D eigenvalue weighted by Gasteiger charge is 2.24. The molecule has 0 radical (unpaired) electrons. The lowest BCUT2D eigenvalue weighted by Gasteiger charge is -2.34. The van der Waals surface area contributed by atoms with E-state index in [2.05, 4.69) is 10.2 Å². The molecule has 1 N–H and O–H groups in total. The second-order valence-corrected chi connectivity index (χ2v) is 6.35. The smallest absolute Gasteiger partial charge is 0.264 e. The number of likely N-dealkylation sites (N-methyl/N-ethyl adjacent to an activating group) is 1. The largest absolute Gasteiger partial charge is 0.358 e. The maximum Gasteiger partial charge on any atom is 0.264 e. The molecule has 1 aliphatic rings. The number of thiophene rings is 1. The standard InChI is InChI=1S/C14H21N3O2S/c1-10-8-12(20-11(10)2)14(19)17-6-4-16(5-7-17)9-13(18)15-3/h8H,4-7,9H2,1-3H3,(H,15,18). The zero-order valence-electron chi connectivity index (χ0n) is 12.2. The van der Waals surface area contributed by atoms with Crippen molar-refractivity contribution in [2.75, 3.05) is 39.8 Å². The molecule has 0 spiro atoms. The van der Waals surface area contributed by atoms with Crippen LogP contribution in [0.5, 0.6) is 0 Å². The summed E-state index contributed by atoms with van der Waals surface area (Å²) >= 11 is 1.56. The quantitative estimate of drug-likeness (QED) is 0.900. The van der Waals surface area contributed by atoms with Gasteiger partial charge in [-0.15, -0.1) is 11.3 Å². The van der Waals surface area contributed by atoms with Gasteiger partial charge in [-0.3, -0.25) is 14.5 Å². The molecule has 2 heterocycles. The molecule has 0 unspecified atom stereocenters. The fourth-order valence-corrected chi connectivity index (χ4v) is 3.23. The van der Waals surface area contributed by atoms with Crippen LogP contribution in [0.1, 0.15) is 20.1 Å². The van der Waals surface area contributed by atoms with E-state index in [0.717, 1.165) is 18.0 Å². The summed E-state index contributed by atoms with van der Waals surface area (Å²) in [4.78, 5) is 29.7. The lowest BCUT2D eigenvalue weighted by atomic mass is 10.2. The Balaban J connectivity index is 1.90. The molecule has 20 heavy (non-hydrogen) atoms. The molecule has 5 nitrogen and oxygen atoms in total. The van der Waals surface area contributed by atoms with E-state index in [4.69, 9.17) is 0 Å². The van der Waals surface area contributed by atoms with Crippen LogP contribution < -0.4 is 5.32 Å². The number of rotatable bonds is 3. The van der Waals surface area contributed by atoms with E-state index in [1.165, 1.54) is 10.4 Å². The van der Waals surface area contributed by atoms with E-state index in [-0.39, 0.29) is 11.8 Å². The Bertz CT molecular complexity index is 485. The zero-order chi connectivity index (χ0) is 14.7. The molecule has 0 aromatic carbocycles. The summed E-state index contributed by atoms with van der Waals surface area (Å²) in [6.07, 6.45) is 0. The number of hydrogen-bond donors (Lipinski definition) is 1. The molecule has 2 amide bonds. The van der Waals surface area contributed by atoms with E-state index >= 15 is 0 Å². The first-order valence-corrected chi connectivity index (χ1v) is 7.62. The predicted molar refractivity (Wildman–Crippen MR) is 80.2 cm³/mol. The van der Waals surface area contributed by atoms with E-state index < -0.39 is 0 Å². The monoisotopic (exact) mass is 295 g/mol. The Morgan fingerprint density at radius 1 is 1.25 bits per heavy atom. The minimum atomic E-state index is 0.0225. The predicted octanol–water partition coefficient (Wildman–Crippen LogP) is 0.869. The number of piperazine rings is 1. The van der Waals surface area contributed by atoms with Gasteiger partial charge in [0.05, 0.1) is 11.4 Å². The third-order valence-electron chi connectivity index (χ3n) is 3.68. The molecular formula is C14H21N3O2S. The van der Waals surface area contributed by atoms with Crippen LogP contribution in [0.25, 0.3) is 0 Å². The van der Waals surface area contributed by atoms with Gasteiger partial charge in [0.2, 0.25) is 5.91 Å². The summed E-state index contributed by atoms with van der Waals surface area (Å²) in [6, 6.07) is 1.97. The molecule has 1 aromatic heterocycles. The van der Waals surface area contributed by atoms with E-state index in [1.807, 2.05) is 24.8 Å². The molecular weight excluding hydrogens is 274 g/mol. The Morgan fingerprint density at radius 2 is 1.90 bits per heavy atom. The second kappa shape index (κ2) is 6.37. The third-order valence-corrected chi connectivity index (χ3v) is 4.82. The first-order valence-electron chi connectivity index (χ1n) is 6.80. The lowest BCUT2D eigenvalue weighted by molar-refractivity contribution is -0.122. The van der Waals surface area contributed by atoms with Crippen LogP contribution >= 0.6 is 11.3 Å². The van der Waals surface area contributed by atoms with Crippen LogP contribution in [-0.2, 0) is 4.79 Å². The van der Waals surface area contributed by atoms with Crippen molar-refractivity contribution in [2.24, 2.45) is 0 Å². The molecule has 1 saturated heterocycles. The van der Waals surface area contributed by atoms with Crippen LogP contribution in [0.3, 0.4) is 0 Å². The topological polar surface area (TPSA) is 52.7 Å². The van der Waals surface area contributed by atoms with Crippen LogP contribution in [0.2, 0.25) is 0 Å². The van der Waals surface area contributed by atoms with Gasteiger partial charge in [-0.25, -0.2) is 0 Å². The molecule has 0 atom stereocenters. The molecule has 1 fully saturated rings. The fourth-order valence-electron chi connectivity index (χ4n) is 2.23. The summed E-state index contributed by atoms with van der Waals surface area (Å²) < 4.78 is 0. The van der Waals surface area contributed by atoms with Crippen molar-refractivity contribution in [3.8, 4) is 0 Å². The Kier molecular flexibility index (Phi) is 4.77. The average molecular weight is 295 g/mol. The molecule has 6 heteroatoms. The van der Waals surface area contributed by atoms with Gasteiger partial charge in [0.15, 0.2) is 0 Å². The number of hydrogen-bond acceptors (Lipinski definition) is 4. The molecule has 0 aliphatic carbocycles. The summed E-state index contributed by atoms with van der Waals surface area (Å²) in [7, 11) is 1.64. The highest BCUT2D eigenvalue weighted by Crippen LogP contribution is 2.22. The normalized spacial score (nSPS) is 16.2. The molecule has 1 aliphatic heterocycles. The van der Waals surface area contributed by atoms with Crippen LogP contribution in [0.4, 0.5) is 0 Å². The minimum absolute atomic E-state index is 0.0225. The van der Waals surface area contributed by atoms with Crippen molar-refractivity contribution >= 4 is 23.2 Å². The van der Waals surface area contributed by atoms with Gasteiger partial charge in [-0.2, -0.15) is 0 Å². The number of nitrogens with one attached hydrogen (secondary N) is 1. The Morgan fingerprint density at radius 3 is 2.40 bits per heavy atom. The van der Waals surface area contributed by atoms with Crippen molar-refractivity contribution < 1.29 is 9.59 Å². The Hall–Kier alpha value is -1.40. The maximum atomic E-state index is 12.4. The summed E-state index contributed by atoms with van der Waals surface area (Å²) in [5.74, 6) is 0.139. The number of aryl methyl sites for hydroxylation is 2. The average Bonchev–Trinajstić information content (AvgIpc) is 2.78. The van der Waals surface area contributed by atoms with Gasteiger partial charge in [0.1, 0.15) is 0 Å². The van der Waals surface area contributed by atoms with E-state index in [9.17, 15) is 9.59 Å². The van der Waals surface area contributed by atoms with Crippen molar-refractivity contribution in [3.05, 3.63) is 21.4 Å². The molecule has 0 saturated carbocycles. The van der Waals surface area contributed by atoms with Crippen molar-refractivity contribution in [1.29, 1.82) is 0 Å². The zero-order valence-corrected chi connectivity index (χ0v) is 13.0. The second-order valence-electron chi connectivity index (χ2n) is 5.09. The number of amides is 2. The highest BCUT2D eigenvalue weighted by molar-refractivity contribution is 7.14. The summed E-state index contributed by atoms with van der Waals surface area (Å²) in [5, 5.41) is 2.62. The molecule has 1 aromatic rings. The van der Waals surface area contributed by atoms with Gasteiger partial charge in [-0.05, 0) is 25.5 Å². The molecule has 110 valence electrons. The number of carbonyl (C=O) groups is 2. The van der Waals surface area contributed by atoms with E-state index in [1.54, 1.807) is 18.4 Å². The summed E-state index contributed by atoms with van der Waals surface area (Å²) in [6.45, 7) is 7.36. The van der Waals surface area contributed by atoms with Gasteiger partial charge in [0, 0.05) is 38.1 Å². The summed E-state index contributed by atoms with van der Waals surface area (Å²) in [5.41, 5.74) is 1.18. The number of carbonyl (C=O) groups excluding carboxylic acids is 2. The minimum Gasteiger partial charge on any atom is -0.358 e. The van der Waals surface area contributed by atoms with E-state index in [0.29, 0.717) is 19.6 Å². The first kappa shape index (κ1) is 15.0. The Labute approximate surface area is 123 Å². The van der Waals surface area contributed by atoms with Crippen molar-refractivity contribution in [2.45, 2.75) is 13.8 Å². The van der Waals surface area contributed by atoms with Gasteiger partial charge < -0.3 is 10.2 Å². The van der Waals surface area contributed by atoms with Crippen molar-refractivity contribution in [3.63, 3.8) is 0 Å². The lowest BCUT2D eigenvalue weighted by Crippen LogP contribution is -2.50. The van der Waals surface area contributed by atoms with Crippen molar-refractivity contribution in [1.82, 2.24) is 15.1 Å².